The number of nitrogens with zero attached hydrogens (tertiary/aromatic N) is 3. The largest absolute Gasteiger partial charge is 0.416 e. The monoisotopic (exact) mass is 501 g/mol. The normalized spacial score (nSPS) is 16.9. The topological polar surface area (TPSA) is 111 Å². The van der Waals surface area contributed by atoms with Crippen molar-refractivity contribution in [3.05, 3.63) is 81.4 Å². The van der Waals surface area contributed by atoms with Crippen LogP contribution in [0.15, 0.2) is 41.4 Å². The molecule has 0 saturated heterocycles. The van der Waals surface area contributed by atoms with E-state index in [9.17, 15) is 22.4 Å². The minimum atomic E-state index is -4.72. The maximum absolute atomic E-state index is 14.4. The molecule has 8 nitrogen and oxygen atoms in total. The minimum absolute atomic E-state index is 0.210. The zero-order valence-corrected chi connectivity index (χ0v) is 19.2. The van der Waals surface area contributed by atoms with E-state index in [-0.39, 0.29) is 5.56 Å². The van der Waals surface area contributed by atoms with E-state index in [4.69, 9.17) is 10.7 Å². The summed E-state index contributed by atoms with van der Waals surface area (Å²) >= 11 is 0. The van der Waals surface area contributed by atoms with E-state index in [0.717, 1.165) is 41.6 Å². The summed E-state index contributed by atoms with van der Waals surface area (Å²) in [6.07, 6.45) is -4.83. The van der Waals surface area contributed by atoms with E-state index in [1.54, 1.807) is 18.2 Å². The molecule has 2 aliphatic rings. The Morgan fingerprint density at radius 2 is 2.00 bits per heavy atom. The van der Waals surface area contributed by atoms with Crippen molar-refractivity contribution in [1.29, 1.82) is 0 Å². The number of fused-ring (bicyclic) bond motifs is 2. The predicted molar refractivity (Wildman–Crippen MR) is 124 cm³/mol. The van der Waals surface area contributed by atoms with Gasteiger partial charge in [0.15, 0.2) is 0 Å². The summed E-state index contributed by atoms with van der Waals surface area (Å²) < 4.78 is 55.0. The lowest BCUT2D eigenvalue weighted by Crippen LogP contribution is -2.39. The number of primary amides is 1. The highest BCUT2D eigenvalue weighted by Crippen LogP contribution is 2.36. The van der Waals surface area contributed by atoms with Crippen molar-refractivity contribution in [3.63, 3.8) is 0 Å². The molecule has 188 valence electrons. The Kier molecular flexibility index (Phi) is 5.91. The van der Waals surface area contributed by atoms with Gasteiger partial charge in [0, 0.05) is 29.8 Å². The molecule has 0 aliphatic carbocycles. The molecule has 0 fully saturated rings. The number of H-pyrrole nitrogens is 1. The number of rotatable bonds is 5. The van der Waals surface area contributed by atoms with Crippen molar-refractivity contribution >= 4 is 17.6 Å². The molecule has 0 spiro atoms. The molecule has 1 aromatic heterocycles. The third kappa shape index (κ3) is 4.17. The van der Waals surface area contributed by atoms with Crippen LogP contribution in [0.1, 0.15) is 57.1 Å². The molecule has 1 atom stereocenters. The number of nitrogens with two attached hydrogens (primary N) is 1. The van der Waals surface area contributed by atoms with Crippen LogP contribution in [0.4, 0.5) is 23.2 Å². The fourth-order valence-electron chi connectivity index (χ4n) is 4.64. The van der Waals surface area contributed by atoms with Gasteiger partial charge in [-0.3, -0.25) is 15.2 Å². The lowest BCUT2D eigenvalue weighted by molar-refractivity contribution is -0.138. The number of amides is 1. The minimum Gasteiger partial charge on any atom is -0.366 e. The number of carbonyl (C=O) groups excluding carboxylic acids is 1. The van der Waals surface area contributed by atoms with Crippen LogP contribution in [0.25, 0.3) is 0 Å². The number of aliphatic imine (C=N–C) groups is 1. The Morgan fingerprint density at radius 1 is 1.22 bits per heavy atom. The van der Waals surface area contributed by atoms with Crippen LogP contribution in [-0.4, -0.2) is 27.0 Å². The van der Waals surface area contributed by atoms with Crippen LogP contribution in [0.3, 0.4) is 0 Å². The van der Waals surface area contributed by atoms with Gasteiger partial charge in [0.2, 0.25) is 5.96 Å². The summed E-state index contributed by atoms with van der Waals surface area (Å²) in [5.74, 6) is -1.24. The van der Waals surface area contributed by atoms with Crippen LogP contribution in [0.2, 0.25) is 0 Å². The Labute approximate surface area is 203 Å². The van der Waals surface area contributed by atoms with Crippen molar-refractivity contribution in [2.24, 2.45) is 10.7 Å². The fourth-order valence-corrected chi connectivity index (χ4v) is 4.64. The Bertz CT molecular complexity index is 1360. The second kappa shape index (κ2) is 8.94. The zero-order chi connectivity index (χ0) is 25.6. The lowest BCUT2D eigenvalue weighted by Gasteiger charge is -2.31. The molecule has 1 amide bonds. The third-order valence-electron chi connectivity index (χ3n) is 6.41. The molecule has 0 radical (unpaired) electrons. The van der Waals surface area contributed by atoms with Crippen molar-refractivity contribution < 1.29 is 22.4 Å². The number of hydrogen-bond acceptors (Lipinski definition) is 6. The molecule has 5 rings (SSSR count). The molecule has 0 saturated carbocycles. The number of aryl methyl sites for hydroxylation is 1. The van der Waals surface area contributed by atoms with Gasteiger partial charge in [-0.1, -0.05) is 25.1 Å². The van der Waals surface area contributed by atoms with E-state index in [1.165, 1.54) is 0 Å². The second-order valence-corrected chi connectivity index (χ2v) is 8.60. The standard InChI is InChI=1S/C24H23F4N7O/c1-2-18-15-10-35(11-19(15)34-33-18)23-31-20-12(21(29)36)5-3-6-13(20)22(32-23)30-9-14-16(24(26,27)28)7-4-8-17(14)25/h3-8,22,30H,2,9-11H2,1H3,(H2,29,36)(H,31,32)(H,33,34). The van der Waals surface area contributed by atoms with Gasteiger partial charge in [-0.05, 0) is 24.6 Å². The average Bonchev–Trinajstić information content (AvgIpc) is 3.42. The van der Waals surface area contributed by atoms with Crippen molar-refractivity contribution in [2.45, 2.75) is 45.3 Å². The molecule has 1 unspecified atom stereocenters. The number of para-hydroxylation sites is 1. The molecule has 3 heterocycles. The highest BCUT2D eigenvalue weighted by atomic mass is 19.4. The number of alkyl halides is 3. The summed E-state index contributed by atoms with van der Waals surface area (Å²) in [7, 11) is 0. The van der Waals surface area contributed by atoms with Gasteiger partial charge in [0.1, 0.15) is 12.0 Å². The quantitative estimate of drug-likeness (QED) is 0.398. The highest BCUT2D eigenvalue weighted by molar-refractivity contribution is 6.06. The number of benzene rings is 2. The first-order chi connectivity index (χ1) is 17.2. The first-order valence-electron chi connectivity index (χ1n) is 11.3. The molecular formula is C24H23F4N7O. The number of anilines is 1. The Morgan fingerprint density at radius 3 is 2.72 bits per heavy atom. The van der Waals surface area contributed by atoms with Gasteiger partial charge in [-0.25, -0.2) is 9.38 Å². The van der Waals surface area contributed by atoms with Crippen molar-refractivity contribution in [1.82, 2.24) is 20.4 Å². The van der Waals surface area contributed by atoms with E-state index in [0.29, 0.717) is 30.3 Å². The number of guanidine groups is 1. The number of hydrogen-bond donors (Lipinski definition) is 4. The Hall–Kier alpha value is -3.93. The third-order valence-corrected chi connectivity index (χ3v) is 6.41. The van der Waals surface area contributed by atoms with Crippen LogP contribution >= 0.6 is 0 Å². The van der Waals surface area contributed by atoms with Crippen LogP contribution in [0, 0.1) is 5.82 Å². The van der Waals surface area contributed by atoms with Gasteiger partial charge in [0.25, 0.3) is 5.91 Å². The number of carbonyl (C=O) groups is 1. The maximum atomic E-state index is 14.4. The average molecular weight is 501 g/mol. The molecule has 3 aromatic rings. The van der Waals surface area contributed by atoms with E-state index in [2.05, 4.69) is 20.8 Å². The van der Waals surface area contributed by atoms with Crippen molar-refractivity contribution in [3.8, 4) is 0 Å². The molecule has 36 heavy (non-hydrogen) atoms. The van der Waals surface area contributed by atoms with Crippen LogP contribution in [-0.2, 0) is 32.2 Å². The second-order valence-electron chi connectivity index (χ2n) is 8.60. The number of nitrogens with one attached hydrogen (secondary N) is 3. The molecule has 12 heteroatoms. The molecule has 2 aliphatic heterocycles. The summed E-state index contributed by atoms with van der Waals surface area (Å²) in [5, 5.41) is 13.4. The van der Waals surface area contributed by atoms with Crippen LogP contribution < -0.4 is 16.4 Å². The highest BCUT2D eigenvalue weighted by Gasteiger charge is 2.35. The Balaban J connectivity index is 1.49. The van der Waals surface area contributed by atoms with Crippen molar-refractivity contribution in [2.75, 3.05) is 5.32 Å². The number of aromatic amines is 1. The molecule has 5 N–H and O–H groups in total. The lowest BCUT2D eigenvalue weighted by atomic mass is 10.0. The SMILES string of the molecule is CCc1n[nH]c2c1CN(C1=NC(NCc3c(F)cccc3C(F)(F)F)c3cccc(C(N)=O)c3N1)C2. The first kappa shape index (κ1) is 23.8. The van der Waals surface area contributed by atoms with Gasteiger partial charge in [-0.15, -0.1) is 0 Å². The summed E-state index contributed by atoms with van der Waals surface area (Å²) in [5.41, 5.74) is 8.08. The predicted octanol–water partition coefficient (Wildman–Crippen LogP) is 3.81. The van der Waals surface area contributed by atoms with Gasteiger partial charge in [-0.2, -0.15) is 18.3 Å². The van der Waals surface area contributed by atoms with Crippen LogP contribution in [0.5, 0.6) is 0 Å². The summed E-state index contributed by atoms with van der Waals surface area (Å²) in [6, 6.07) is 7.70. The smallest absolute Gasteiger partial charge is 0.366 e. The van der Waals surface area contributed by atoms with Gasteiger partial charge < -0.3 is 16.0 Å². The maximum Gasteiger partial charge on any atom is 0.416 e. The molecule has 0 bridgehead atoms. The summed E-state index contributed by atoms with van der Waals surface area (Å²) in [6.45, 7) is 2.54. The first-order valence-corrected chi connectivity index (χ1v) is 11.3. The van der Waals surface area contributed by atoms with E-state index >= 15 is 0 Å². The van der Waals surface area contributed by atoms with Gasteiger partial charge in [0.05, 0.1) is 34.7 Å². The molecule has 2 aromatic carbocycles. The number of halogens is 4. The zero-order valence-electron chi connectivity index (χ0n) is 19.2. The fraction of sp³-hybridized carbons (Fsp3) is 0.292. The van der Waals surface area contributed by atoms with Gasteiger partial charge >= 0.3 is 6.18 Å². The number of aromatic nitrogens is 2. The molecular weight excluding hydrogens is 478 g/mol. The van der Waals surface area contributed by atoms with E-state index < -0.39 is 41.7 Å². The summed E-state index contributed by atoms with van der Waals surface area (Å²) in [4.78, 5) is 18.8. The van der Waals surface area contributed by atoms with E-state index in [1.807, 2.05) is 11.8 Å².